The topological polar surface area (TPSA) is 47.4 Å². The molecule has 0 saturated heterocycles. The average Bonchev–Trinajstić information content (AvgIpc) is 3.33. The summed E-state index contributed by atoms with van der Waals surface area (Å²) in [7, 11) is 1.64. The highest BCUT2D eigenvalue weighted by atomic mass is 35.5. The van der Waals surface area contributed by atoms with Gasteiger partial charge in [0, 0.05) is 40.9 Å². The molecule has 1 amide bonds. The number of halogens is 1. The van der Waals surface area contributed by atoms with Crippen LogP contribution in [-0.4, -0.2) is 40.8 Å². The molecule has 0 N–H and O–H groups in total. The van der Waals surface area contributed by atoms with Crippen LogP contribution < -0.4 is 0 Å². The highest BCUT2D eigenvalue weighted by Crippen LogP contribution is 2.20. The predicted molar refractivity (Wildman–Crippen MR) is 123 cm³/mol. The predicted octanol–water partition coefficient (Wildman–Crippen LogP) is 4.95. The van der Waals surface area contributed by atoms with Crippen LogP contribution >= 0.6 is 22.9 Å². The molecule has 0 saturated carbocycles. The molecule has 5 nitrogen and oxygen atoms in total. The van der Waals surface area contributed by atoms with Crippen molar-refractivity contribution in [2.75, 3.05) is 20.3 Å². The van der Waals surface area contributed by atoms with Crippen molar-refractivity contribution >= 4 is 34.9 Å². The maximum Gasteiger partial charge on any atom is 0.246 e. The molecule has 0 aliphatic heterocycles. The molecular weight excluding hydrogens is 418 g/mol. The fourth-order valence-electron chi connectivity index (χ4n) is 3.21. The van der Waals surface area contributed by atoms with Crippen molar-refractivity contribution in [2.24, 2.45) is 0 Å². The minimum atomic E-state index is -0.0434. The van der Waals surface area contributed by atoms with Crippen LogP contribution in [-0.2, 0) is 22.6 Å². The van der Waals surface area contributed by atoms with Crippen molar-refractivity contribution in [3.63, 3.8) is 0 Å². The van der Waals surface area contributed by atoms with E-state index in [1.54, 1.807) is 29.4 Å². The molecular formula is C23H26ClN3O2S. The van der Waals surface area contributed by atoms with Gasteiger partial charge in [0.1, 0.15) is 0 Å². The van der Waals surface area contributed by atoms with Crippen LogP contribution in [0.25, 0.3) is 6.08 Å². The summed E-state index contributed by atoms with van der Waals surface area (Å²) in [4.78, 5) is 15.8. The zero-order valence-corrected chi connectivity index (χ0v) is 19.0. The molecule has 0 atom stereocenters. The number of carbonyl (C=O) groups excluding carboxylic acids is 1. The van der Waals surface area contributed by atoms with Crippen LogP contribution in [0.15, 0.2) is 47.9 Å². The molecule has 0 spiro atoms. The van der Waals surface area contributed by atoms with Crippen molar-refractivity contribution in [3.05, 3.63) is 80.3 Å². The highest BCUT2D eigenvalue weighted by Gasteiger charge is 2.14. The summed E-state index contributed by atoms with van der Waals surface area (Å²) < 4.78 is 7.10. The monoisotopic (exact) mass is 443 g/mol. The number of hydrogen-bond donors (Lipinski definition) is 0. The lowest BCUT2D eigenvalue weighted by Gasteiger charge is -2.20. The third-order valence-electron chi connectivity index (χ3n) is 4.91. The maximum atomic E-state index is 12.9. The minimum absolute atomic E-state index is 0.0434. The normalized spacial score (nSPS) is 11.3. The number of nitrogens with zero attached hydrogens (tertiary/aromatic N) is 3. The summed E-state index contributed by atoms with van der Waals surface area (Å²) in [6, 6.07) is 11.8. The van der Waals surface area contributed by atoms with Gasteiger partial charge in [0.25, 0.3) is 0 Å². The zero-order valence-electron chi connectivity index (χ0n) is 17.5. The van der Waals surface area contributed by atoms with E-state index in [0.29, 0.717) is 26.2 Å². The van der Waals surface area contributed by atoms with Gasteiger partial charge >= 0.3 is 0 Å². The van der Waals surface area contributed by atoms with Crippen molar-refractivity contribution in [3.8, 4) is 0 Å². The van der Waals surface area contributed by atoms with Crippen LogP contribution in [0.1, 0.15) is 27.4 Å². The van der Waals surface area contributed by atoms with E-state index < -0.39 is 0 Å². The Balaban J connectivity index is 1.76. The molecule has 0 radical (unpaired) electrons. The number of aryl methyl sites for hydroxylation is 1. The van der Waals surface area contributed by atoms with Crippen LogP contribution in [0.3, 0.4) is 0 Å². The molecule has 3 aromatic rings. The summed E-state index contributed by atoms with van der Waals surface area (Å²) in [5.74, 6) is -0.0434. The summed E-state index contributed by atoms with van der Waals surface area (Å²) in [5, 5.41) is 7.38. The van der Waals surface area contributed by atoms with E-state index in [0.717, 1.165) is 32.4 Å². The Morgan fingerprint density at radius 3 is 2.77 bits per heavy atom. The molecule has 7 heteroatoms. The van der Waals surface area contributed by atoms with E-state index >= 15 is 0 Å². The summed E-state index contributed by atoms with van der Waals surface area (Å²) in [5.41, 5.74) is 3.85. The number of thiophene rings is 1. The number of ether oxygens (including phenoxy) is 1. The first-order valence-electron chi connectivity index (χ1n) is 9.75. The molecule has 0 bridgehead atoms. The van der Waals surface area contributed by atoms with E-state index in [1.807, 2.05) is 66.4 Å². The van der Waals surface area contributed by atoms with Gasteiger partial charge in [-0.2, -0.15) is 5.10 Å². The molecule has 3 rings (SSSR count). The van der Waals surface area contributed by atoms with Crippen molar-refractivity contribution in [2.45, 2.75) is 26.9 Å². The number of hydrogen-bond acceptors (Lipinski definition) is 4. The van der Waals surface area contributed by atoms with Gasteiger partial charge in [-0.3, -0.25) is 9.48 Å². The van der Waals surface area contributed by atoms with E-state index in [4.69, 9.17) is 16.3 Å². The molecule has 158 valence electrons. The molecule has 1 aromatic carbocycles. The van der Waals surface area contributed by atoms with E-state index in [-0.39, 0.29) is 5.91 Å². The van der Waals surface area contributed by atoms with Gasteiger partial charge in [0.2, 0.25) is 5.91 Å². The standard InChI is InChI=1S/C23H26ClN3O2S/c1-17-21(18(2)27(25-17)15-19-7-4-5-9-22(19)24)10-11-23(28)26(12-13-29-3)16-20-8-6-14-30-20/h4-11,14H,12-13,15-16H2,1-3H3. The zero-order chi connectivity index (χ0) is 21.5. The third kappa shape index (κ3) is 5.59. The Morgan fingerprint density at radius 1 is 1.27 bits per heavy atom. The lowest BCUT2D eigenvalue weighted by atomic mass is 10.1. The molecule has 0 aliphatic rings. The van der Waals surface area contributed by atoms with Gasteiger partial charge in [-0.25, -0.2) is 0 Å². The molecule has 2 aromatic heterocycles. The summed E-state index contributed by atoms with van der Waals surface area (Å²) in [6.45, 7) is 6.17. The van der Waals surface area contributed by atoms with Gasteiger partial charge in [0.15, 0.2) is 0 Å². The van der Waals surface area contributed by atoms with Crippen LogP contribution in [0.4, 0.5) is 0 Å². The number of benzene rings is 1. The minimum Gasteiger partial charge on any atom is -0.383 e. The van der Waals surface area contributed by atoms with Gasteiger partial charge < -0.3 is 9.64 Å². The van der Waals surface area contributed by atoms with E-state index in [2.05, 4.69) is 5.10 Å². The van der Waals surface area contributed by atoms with Gasteiger partial charge in [-0.1, -0.05) is 35.9 Å². The average molecular weight is 444 g/mol. The number of carbonyl (C=O) groups is 1. The highest BCUT2D eigenvalue weighted by molar-refractivity contribution is 7.09. The van der Waals surface area contributed by atoms with Crippen molar-refractivity contribution < 1.29 is 9.53 Å². The Kier molecular flexibility index (Phi) is 7.85. The molecule has 30 heavy (non-hydrogen) atoms. The quantitative estimate of drug-likeness (QED) is 0.439. The smallest absolute Gasteiger partial charge is 0.246 e. The summed E-state index contributed by atoms with van der Waals surface area (Å²) in [6.07, 6.45) is 3.48. The van der Waals surface area contributed by atoms with Gasteiger partial charge in [-0.15, -0.1) is 11.3 Å². The molecule has 2 heterocycles. The largest absolute Gasteiger partial charge is 0.383 e. The van der Waals surface area contributed by atoms with E-state index in [9.17, 15) is 4.79 Å². The Morgan fingerprint density at radius 2 is 2.07 bits per heavy atom. The third-order valence-corrected chi connectivity index (χ3v) is 6.14. The number of aromatic nitrogens is 2. The van der Waals surface area contributed by atoms with Gasteiger partial charge in [-0.05, 0) is 43.0 Å². The Bertz CT molecular complexity index is 1010. The Hall–Kier alpha value is -2.41. The number of rotatable bonds is 9. The first-order valence-corrected chi connectivity index (χ1v) is 11.0. The SMILES string of the molecule is COCCN(Cc1cccs1)C(=O)C=Cc1c(C)nn(Cc2ccccc2Cl)c1C. The van der Waals surface area contributed by atoms with Crippen molar-refractivity contribution in [1.82, 2.24) is 14.7 Å². The molecule has 0 aliphatic carbocycles. The second-order valence-corrected chi connectivity index (χ2v) is 8.44. The van der Waals surface area contributed by atoms with Crippen LogP contribution in [0, 0.1) is 13.8 Å². The fraction of sp³-hybridized carbons (Fsp3) is 0.304. The van der Waals surface area contributed by atoms with Gasteiger partial charge in [0.05, 0.1) is 25.4 Å². The molecule has 0 unspecified atom stereocenters. The fourth-order valence-corrected chi connectivity index (χ4v) is 4.13. The lowest BCUT2D eigenvalue weighted by Crippen LogP contribution is -2.31. The summed E-state index contributed by atoms with van der Waals surface area (Å²) >= 11 is 7.94. The molecule has 0 fully saturated rings. The number of amides is 1. The van der Waals surface area contributed by atoms with Crippen LogP contribution in [0.5, 0.6) is 0 Å². The Labute approximate surface area is 186 Å². The van der Waals surface area contributed by atoms with E-state index in [1.165, 1.54) is 0 Å². The maximum absolute atomic E-state index is 12.9. The lowest BCUT2D eigenvalue weighted by molar-refractivity contribution is -0.127. The number of methoxy groups -OCH3 is 1. The first-order chi connectivity index (χ1) is 14.5. The first kappa shape index (κ1) is 22.3. The van der Waals surface area contributed by atoms with Crippen LogP contribution in [0.2, 0.25) is 5.02 Å². The van der Waals surface area contributed by atoms with Crippen molar-refractivity contribution in [1.29, 1.82) is 0 Å². The second kappa shape index (κ2) is 10.6. The second-order valence-electron chi connectivity index (χ2n) is 7.00.